The molecule has 0 atom stereocenters. The summed E-state index contributed by atoms with van der Waals surface area (Å²) in [4.78, 5) is 28.2. The molecule has 0 unspecified atom stereocenters. The van der Waals surface area contributed by atoms with Crippen molar-refractivity contribution >= 4 is 28.4 Å². The molecule has 0 radical (unpaired) electrons. The van der Waals surface area contributed by atoms with Crippen molar-refractivity contribution in [3.63, 3.8) is 0 Å². The molecule has 0 fully saturated rings. The van der Waals surface area contributed by atoms with E-state index in [1.165, 1.54) is 21.8 Å². The fraction of sp³-hybridized carbons (Fsp3) is 0.227. The first-order valence-electron chi connectivity index (χ1n) is 9.79. The number of nitrogens with one attached hydrogen (secondary N) is 3. The topological polar surface area (TPSA) is 105 Å². The number of carbonyl (C=O) groups is 2. The van der Waals surface area contributed by atoms with Crippen LogP contribution >= 0.6 is 0 Å². The highest BCUT2D eigenvalue weighted by Crippen LogP contribution is 2.20. The molecule has 0 saturated carbocycles. The van der Waals surface area contributed by atoms with Gasteiger partial charge in [0.2, 0.25) is 5.91 Å². The lowest BCUT2D eigenvalue weighted by molar-refractivity contribution is -0.116. The Balaban J connectivity index is 1.32. The number of hydrogen-bond acceptors (Lipinski definition) is 4. The molecule has 8 nitrogen and oxygen atoms in total. The standard InChI is InChI=1S/C22H23N5O3/c1-27-21(22(29)24-13-16-7-5-11-30-16)19(14-25-27)26-20(28)10-4-6-15-12-23-18-9-3-2-8-17(15)18/h2-3,5,7-9,11-12,14,23H,4,6,10,13H2,1H3,(H,24,29)(H,26,28). The van der Waals surface area contributed by atoms with Crippen LogP contribution in [0.25, 0.3) is 10.9 Å². The van der Waals surface area contributed by atoms with Gasteiger partial charge in [0.05, 0.1) is 24.7 Å². The number of hydrogen-bond donors (Lipinski definition) is 3. The van der Waals surface area contributed by atoms with Crippen LogP contribution in [0.1, 0.15) is 34.7 Å². The molecule has 0 aliphatic rings. The van der Waals surface area contributed by atoms with Gasteiger partial charge in [-0.1, -0.05) is 18.2 Å². The molecule has 3 N–H and O–H groups in total. The number of aromatic amines is 1. The van der Waals surface area contributed by atoms with E-state index in [9.17, 15) is 9.59 Å². The first-order valence-corrected chi connectivity index (χ1v) is 9.79. The second-order valence-electron chi connectivity index (χ2n) is 7.05. The molecule has 154 valence electrons. The van der Waals surface area contributed by atoms with Crippen LogP contribution in [-0.4, -0.2) is 26.6 Å². The molecule has 4 aromatic rings. The van der Waals surface area contributed by atoms with Gasteiger partial charge in [0.15, 0.2) is 0 Å². The van der Waals surface area contributed by atoms with Crippen molar-refractivity contribution in [2.75, 3.05) is 5.32 Å². The van der Waals surface area contributed by atoms with Crippen molar-refractivity contribution in [3.05, 3.63) is 72.1 Å². The van der Waals surface area contributed by atoms with Crippen molar-refractivity contribution in [2.45, 2.75) is 25.8 Å². The molecular formula is C22H23N5O3. The SMILES string of the molecule is Cn1ncc(NC(=O)CCCc2c[nH]c3ccccc23)c1C(=O)NCc1ccco1. The van der Waals surface area contributed by atoms with Crippen LogP contribution in [0.2, 0.25) is 0 Å². The molecule has 2 amide bonds. The van der Waals surface area contributed by atoms with E-state index in [0.29, 0.717) is 30.0 Å². The van der Waals surface area contributed by atoms with Gasteiger partial charge in [-0.2, -0.15) is 5.10 Å². The number of anilines is 1. The van der Waals surface area contributed by atoms with Gasteiger partial charge < -0.3 is 20.0 Å². The summed E-state index contributed by atoms with van der Waals surface area (Å²) in [6, 6.07) is 11.6. The van der Waals surface area contributed by atoms with Crippen LogP contribution in [0.15, 0.2) is 59.5 Å². The van der Waals surface area contributed by atoms with Crippen LogP contribution in [-0.2, 0) is 24.8 Å². The lowest BCUT2D eigenvalue weighted by Gasteiger charge is -2.08. The highest BCUT2D eigenvalue weighted by atomic mass is 16.3. The number of aryl methyl sites for hydroxylation is 2. The Labute approximate surface area is 173 Å². The van der Waals surface area contributed by atoms with E-state index in [1.54, 1.807) is 25.4 Å². The molecule has 8 heteroatoms. The van der Waals surface area contributed by atoms with Gasteiger partial charge in [-0.3, -0.25) is 14.3 Å². The fourth-order valence-corrected chi connectivity index (χ4v) is 3.45. The molecule has 0 aliphatic heterocycles. The summed E-state index contributed by atoms with van der Waals surface area (Å²) < 4.78 is 6.66. The van der Waals surface area contributed by atoms with Crippen LogP contribution in [0.5, 0.6) is 0 Å². The third-order valence-corrected chi connectivity index (χ3v) is 4.96. The molecule has 3 heterocycles. The zero-order valence-electron chi connectivity index (χ0n) is 16.6. The highest BCUT2D eigenvalue weighted by Gasteiger charge is 2.18. The summed E-state index contributed by atoms with van der Waals surface area (Å²) >= 11 is 0. The third-order valence-electron chi connectivity index (χ3n) is 4.96. The Morgan fingerprint density at radius 2 is 2.07 bits per heavy atom. The van der Waals surface area contributed by atoms with E-state index in [1.807, 2.05) is 24.4 Å². The number of fused-ring (bicyclic) bond motifs is 1. The van der Waals surface area contributed by atoms with Crippen molar-refractivity contribution in [2.24, 2.45) is 7.05 Å². The number of carbonyl (C=O) groups excluding carboxylic acids is 2. The van der Waals surface area contributed by atoms with Gasteiger partial charge in [-0.15, -0.1) is 0 Å². The van der Waals surface area contributed by atoms with Gasteiger partial charge in [0.1, 0.15) is 11.5 Å². The molecule has 30 heavy (non-hydrogen) atoms. The molecule has 4 rings (SSSR count). The van der Waals surface area contributed by atoms with E-state index in [4.69, 9.17) is 4.42 Å². The summed E-state index contributed by atoms with van der Waals surface area (Å²) in [7, 11) is 1.66. The van der Waals surface area contributed by atoms with Gasteiger partial charge >= 0.3 is 0 Å². The zero-order valence-corrected chi connectivity index (χ0v) is 16.6. The van der Waals surface area contributed by atoms with E-state index in [0.717, 1.165) is 11.9 Å². The summed E-state index contributed by atoms with van der Waals surface area (Å²) in [5.74, 6) is 0.164. The molecule has 3 aromatic heterocycles. The lowest BCUT2D eigenvalue weighted by atomic mass is 10.1. The Kier molecular flexibility index (Phi) is 5.65. The van der Waals surface area contributed by atoms with Crippen molar-refractivity contribution in [1.82, 2.24) is 20.1 Å². The van der Waals surface area contributed by atoms with E-state index < -0.39 is 0 Å². The number of benzene rings is 1. The molecule has 0 spiro atoms. The minimum absolute atomic E-state index is 0.150. The average molecular weight is 405 g/mol. The smallest absolute Gasteiger partial charge is 0.272 e. The lowest BCUT2D eigenvalue weighted by Crippen LogP contribution is -2.26. The normalized spacial score (nSPS) is 11.0. The number of H-pyrrole nitrogens is 1. The molecule has 1 aromatic carbocycles. The van der Waals surface area contributed by atoms with Crippen molar-refractivity contribution in [1.29, 1.82) is 0 Å². The molecule has 0 aliphatic carbocycles. The number of furan rings is 1. The number of nitrogens with zero attached hydrogens (tertiary/aromatic N) is 2. The first kappa shape index (κ1) is 19.5. The highest BCUT2D eigenvalue weighted by molar-refractivity contribution is 6.02. The summed E-state index contributed by atoms with van der Waals surface area (Å²) in [5.41, 5.74) is 2.98. The largest absolute Gasteiger partial charge is 0.467 e. The molecular weight excluding hydrogens is 382 g/mol. The molecule has 0 bridgehead atoms. The Bertz CT molecular complexity index is 1160. The first-order chi connectivity index (χ1) is 14.6. The average Bonchev–Trinajstić information content (AvgIpc) is 3.47. The van der Waals surface area contributed by atoms with Crippen molar-refractivity contribution < 1.29 is 14.0 Å². The maximum absolute atomic E-state index is 12.5. The Hall–Kier alpha value is -3.81. The Morgan fingerprint density at radius 1 is 1.20 bits per heavy atom. The van der Waals surface area contributed by atoms with Crippen LogP contribution in [0.4, 0.5) is 5.69 Å². The Morgan fingerprint density at radius 3 is 2.90 bits per heavy atom. The number of amides is 2. The monoisotopic (exact) mass is 405 g/mol. The van der Waals surface area contributed by atoms with E-state index in [-0.39, 0.29) is 18.4 Å². The summed E-state index contributed by atoms with van der Waals surface area (Å²) in [6.07, 6.45) is 6.87. The number of para-hydroxylation sites is 1. The van der Waals surface area contributed by atoms with Gasteiger partial charge in [0.25, 0.3) is 5.91 Å². The van der Waals surface area contributed by atoms with Gasteiger partial charge in [0, 0.05) is 30.6 Å². The summed E-state index contributed by atoms with van der Waals surface area (Å²) in [6.45, 7) is 0.259. The fourth-order valence-electron chi connectivity index (χ4n) is 3.45. The molecule has 0 saturated heterocycles. The predicted molar refractivity (Wildman–Crippen MR) is 113 cm³/mol. The second-order valence-corrected chi connectivity index (χ2v) is 7.05. The third kappa shape index (κ3) is 4.27. The quantitative estimate of drug-likeness (QED) is 0.418. The maximum atomic E-state index is 12.5. The summed E-state index contributed by atoms with van der Waals surface area (Å²) in [5, 5.41) is 10.9. The van der Waals surface area contributed by atoms with Crippen molar-refractivity contribution in [3.8, 4) is 0 Å². The van der Waals surface area contributed by atoms with E-state index in [2.05, 4.69) is 26.8 Å². The van der Waals surface area contributed by atoms with Crippen LogP contribution < -0.4 is 10.6 Å². The van der Waals surface area contributed by atoms with Gasteiger partial charge in [-0.05, 0) is 36.6 Å². The number of rotatable bonds is 8. The second kappa shape index (κ2) is 8.69. The minimum atomic E-state index is -0.333. The predicted octanol–water partition coefficient (Wildman–Crippen LogP) is 3.39. The van der Waals surface area contributed by atoms with Crippen LogP contribution in [0.3, 0.4) is 0 Å². The maximum Gasteiger partial charge on any atom is 0.272 e. The number of aromatic nitrogens is 3. The van der Waals surface area contributed by atoms with Crippen LogP contribution in [0, 0.1) is 0 Å². The minimum Gasteiger partial charge on any atom is -0.467 e. The zero-order chi connectivity index (χ0) is 20.9. The van der Waals surface area contributed by atoms with Gasteiger partial charge in [-0.25, -0.2) is 0 Å². The van der Waals surface area contributed by atoms with E-state index >= 15 is 0 Å².